The van der Waals surface area contributed by atoms with E-state index >= 15 is 0 Å². The van der Waals surface area contributed by atoms with Crippen LogP contribution in [0.5, 0.6) is 0 Å². The molecule has 0 aliphatic carbocycles. The highest BCUT2D eigenvalue weighted by atomic mass is 32.2. The van der Waals surface area contributed by atoms with E-state index in [9.17, 15) is 8.42 Å². The van der Waals surface area contributed by atoms with Gasteiger partial charge in [-0.25, -0.2) is 13.4 Å². The van der Waals surface area contributed by atoms with E-state index < -0.39 is 10.0 Å². The number of piperidine rings is 1. The van der Waals surface area contributed by atoms with Crippen molar-refractivity contribution in [1.29, 1.82) is 0 Å². The molecule has 0 amide bonds. The number of thiazole rings is 1. The number of sulfonamides is 1. The minimum Gasteiger partial charge on any atom is -0.246 e. The van der Waals surface area contributed by atoms with Crippen LogP contribution >= 0.6 is 11.3 Å². The van der Waals surface area contributed by atoms with Gasteiger partial charge in [-0.05, 0) is 45.2 Å². The van der Waals surface area contributed by atoms with Gasteiger partial charge in [-0.2, -0.15) is 4.31 Å². The quantitative estimate of drug-likeness (QED) is 0.849. The molecule has 1 aliphatic rings. The maximum atomic E-state index is 12.9. The molecule has 2 heterocycles. The van der Waals surface area contributed by atoms with Gasteiger partial charge in [0.2, 0.25) is 10.0 Å². The fourth-order valence-corrected chi connectivity index (χ4v) is 5.78. The zero-order valence-corrected chi connectivity index (χ0v) is 15.4. The van der Waals surface area contributed by atoms with E-state index in [1.165, 1.54) is 0 Å². The lowest BCUT2D eigenvalue weighted by Gasteiger charge is -2.30. The van der Waals surface area contributed by atoms with Crippen molar-refractivity contribution in [2.75, 3.05) is 13.1 Å². The van der Waals surface area contributed by atoms with Crippen molar-refractivity contribution in [3.05, 3.63) is 45.4 Å². The van der Waals surface area contributed by atoms with Crippen molar-refractivity contribution >= 4 is 21.4 Å². The lowest BCUT2D eigenvalue weighted by molar-refractivity contribution is 0.319. The minimum absolute atomic E-state index is 0.388. The molecule has 0 bridgehead atoms. The van der Waals surface area contributed by atoms with Crippen molar-refractivity contribution in [2.24, 2.45) is 0 Å². The first-order chi connectivity index (χ1) is 10.9. The van der Waals surface area contributed by atoms with Gasteiger partial charge < -0.3 is 0 Å². The molecular weight excluding hydrogens is 328 g/mol. The molecule has 1 saturated heterocycles. The van der Waals surface area contributed by atoms with Crippen molar-refractivity contribution in [3.63, 3.8) is 0 Å². The van der Waals surface area contributed by atoms with Gasteiger partial charge in [-0.1, -0.05) is 17.7 Å². The van der Waals surface area contributed by atoms with Crippen molar-refractivity contribution in [3.8, 4) is 0 Å². The summed E-state index contributed by atoms with van der Waals surface area (Å²) in [5.41, 5.74) is 2.96. The van der Waals surface area contributed by atoms with E-state index in [1.807, 2.05) is 32.9 Å². The Hall–Kier alpha value is -1.24. The number of rotatable bonds is 3. The molecule has 3 rings (SSSR count). The lowest BCUT2D eigenvalue weighted by Crippen LogP contribution is -2.38. The Kier molecular flexibility index (Phi) is 4.58. The molecule has 0 saturated carbocycles. The van der Waals surface area contributed by atoms with Gasteiger partial charge in [-0.15, -0.1) is 11.3 Å². The molecule has 1 aromatic carbocycles. The third-order valence-corrected chi connectivity index (χ3v) is 7.57. The van der Waals surface area contributed by atoms with E-state index in [2.05, 4.69) is 10.4 Å². The number of hydrogen-bond acceptors (Lipinski definition) is 4. The summed E-state index contributed by atoms with van der Waals surface area (Å²) in [6, 6.07) is 5.53. The third-order valence-electron chi connectivity index (χ3n) is 4.39. The van der Waals surface area contributed by atoms with Crippen molar-refractivity contribution in [1.82, 2.24) is 9.29 Å². The number of benzene rings is 1. The van der Waals surface area contributed by atoms with Crippen LogP contribution in [-0.4, -0.2) is 30.8 Å². The molecule has 124 valence electrons. The summed E-state index contributed by atoms with van der Waals surface area (Å²) >= 11 is 1.69. The Morgan fingerprint density at radius 3 is 2.43 bits per heavy atom. The van der Waals surface area contributed by atoms with Gasteiger partial charge >= 0.3 is 0 Å². The van der Waals surface area contributed by atoms with Crippen LogP contribution in [0.2, 0.25) is 0 Å². The molecular formula is C17H22N2O2S2. The summed E-state index contributed by atoms with van der Waals surface area (Å²) in [4.78, 5) is 4.99. The fraction of sp³-hybridized carbons (Fsp3) is 0.471. The largest absolute Gasteiger partial charge is 0.246 e. The Labute approximate surface area is 142 Å². The highest BCUT2D eigenvalue weighted by molar-refractivity contribution is 7.89. The van der Waals surface area contributed by atoms with Gasteiger partial charge in [0.1, 0.15) is 0 Å². The van der Waals surface area contributed by atoms with Crippen LogP contribution in [0.1, 0.15) is 40.6 Å². The van der Waals surface area contributed by atoms with E-state index in [0.29, 0.717) is 23.9 Å². The predicted octanol–water partition coefficient (Wildman–Crippen LogP) is 3.64. The molecule has 2 aromatic rings. The molecule has 1 aromatic heterocycles. The second-order valence-electron chi connectivity index (χ2n) is 6.27. The van der Waals surface area contributed by atoms with E-state index in [0.717, 1.165) is 34.7 Å². The summed E-state index contributed by atoms with van der Waals surface area (Å²) < 4.78 is 27.4. The number of hydrogen-bond donors (Lipinski definition) is 0. The average Bonchev–Trinajstić information content (AvgIpc) is 2.93. The van der Waals surface area contributed by atoms with Crippen LogP contribution in [0.15, 0.2) is 28.5 Å². The number of aryl methyl sites for hydroxylation is 3. The summed E-state index contributed by atoms with van der Waals surface area (Å²) in [5.74, 6) is 0.388. The molecule has 0 N–H and O–H groups in total. The fourth-order valence-electron chi connectivity index (χ4n) is 3.13. The van der Waals surface area contributed by atoms with E-state index in [1.54, 1.807) is 21.7 Å². The van der Waals surface area contributed by atoms with Crippen LogP contribution in [-0.2, 0) is 10.0 Å². The monoisotopic (exact) mass is 350 g/mol. The highest BCUT2D eigenvalue weighted by Gasteiger charge is 2.31. The standard InChI is InChI=1S/C17H22N2O2S2/c1-12-4-5-16(13(2)10-12)23(20,21)19-8-6-15(7-9-19)17-18-14(3)11-22-17/h4-5,10-11,15H,6-9H2,1-3H3. The van der Waals surface area contributed by atoms with E-state index in [4.69, 9.17) is 0 Å². The van der Waals surface area contributed by atoms with Crippen LogP contribution in [0.3, 0.4) is 0 Å². The first-order valence-electron chi connectivity index (χ1n) is 7.87. The molecule has 0 spiro atoms. The van der Waals surface area contributed by atoms with E-state index in [-0.39, 0.29) is 0 Å². The topological polar surface area (TPSA) is 50.3 Å². The van der Waals surface area contributed by atoms with Crippen LogP contribution in [0.4, 0.5) is 0 Å². The van der Waals surface area contributed by atoms with Gasteiger partial charge in [0.05, 0.1) is 9.90 Å². The molecule has 4 nitrogen and oxygen atoms in total. The van der Waals surface area contributed by atoms with Gasteiger partial charge in [-0.3, -0.25) is 0 Å². The third kappa shape index (κ3) is 3.34. The van der Waals surface area contributed by atoms with Gasteiger partial charge in [0, 0.05) is 30.1 Å². The second-order valence-corrected chi connectivity index (χ2v) is 9.07. The van der Waals surface area contributed by atoms with Gasteiger partial charge in [0.25, 0.3) is 0 Å². The minimum atomic E-state index is -3.39. The SMILES string of the molecule is Cc1ccc(S(=O)(=O)N2CCC(c3nc(C)cs3)CC2)c(C)c1. The smallest absolute Gasteiger partial charge is 0.243 e. The zero-order valence-electron chi connectivity index (χ0n) is 13.7. The zero-order chi connectivity index (χ0) is 16.6. The molecule has 23 heavy (non-hydrogen) atoms. The predicted molar refractivity (Wildman–Crippen MR) is 93.5 cm³/mol. The first kappa shape index (κ1) is 16.6. The lowest BCUT2D eigenvalue weighted by atomic mass is 9.99. The molecule has 0 atom stereocenters. The maximum Gasteiger partial charge on any atom is 0.243 e. The Morgan fingerprint density at radius 2 is 1.87 bits per heavy atom. The van der Waals surface area contributed by atoms with Gasteiger partial charge in [0.15, 0.2) is 0 Å². The normalized spacial score (nSPS) is 17.5. The highest BCUT2D eigenvalue weighted by Crippen LogP contribution is 2.32. The summed E-state index contributed by atoms with van der Waals surface area (Å²) in [7, 11) is -3.39. The Bertz CT molecular complexity index is 804. The van der Waals surface area contributed by atoms with Crippen LogP contribution in [0, 0.1) is 20.8 Å². The Balaban J connectivity index is 1.76. The number of nitrogens with zero attached hydrogens (tertiary/aromatic N) is 2. The molecule has 0 radical (unpaired) electrons. The van der Waals surface area contributed by atoms with Crippen molar-refractivity contribution in [2.45, 2.75) is 44.4 Å². The first-order valence-corrected chi connectivity index (χ1v) is 10.2. The van der Waals surface area contributed by atoms with Crippen molar-refractivity contribution < 1.29 is 8.42 Å². The van der Waals surface area contributed by atoms with Crippen LogP contribution in [0.25, 0.3) is 0 Å². The molecule has 1 fully saturated rings. The molecule has 6 heteroatoms. The summed E-state index contributed by atoms with van der Waals surface area (Å²) in [6.45, 7) is 6.98. The van der Waals surface area contributed by atoms with Crippen LogP contribution < -0.4 is 0 Å². The summed E-state index contributed by atoms with van der Waals surface area (Å²) in [5, 5.41) is 3.21. The second kappa shape index (κ2) is 6.34. The number of aromatic nitrogens is 1. The maximum absolute atomic E-state index is 12.9. The molecule has 1 aliphatic heterocycles. The summed E-state index contributed by atoms with van der Waals surface area (Å²) in [6.07, 6.45) is 1.69. The Morgan fingerprint density at radius 1 is 1.17 bits per heavy atom. The average molecular weight is 351 g/mol. The molecule has 0 unspecified atom stereocenters.